The van der Waals surface area contributed by atoms with Gasteiger partial charge < -0.3 is 20.1 Å². The minimum absolute atomic E-state index is 0.112. The molecule has 1 unspecified atom stereocenters. The van der Waals surface area contributed by atoms with Crippen LogP contribution in [0.1, 0.15) is 12.8 Å². The van der Waals surface area contributed by atoms with Crippen LogP contribution in [0.5, 0.6) is 5.75 Å². The highest BCUT2D eigenvalue weighted by molar-refractivity contribution is 5.92. The van der Waals surface area contributed by atoms with Crippen molar-refractivity contribution in [3.8, 4) is 5.75 Å². The first-order chi connectivity index (χ1) is 10.4. The average molecular weight is 318 g/mol. The summed E-state index contributed by atoms with van der Waals surface area (Å²) in [4.78, 5) is 11.7. The number of hydrogen-bond acceptors (Lipinski definition) is 4. The van der Waals surface area contributed by atoms with Gasteiger partial charge in [0.05, 0.1) is 12.6 Å². The van der Waals surface area contributed by atoms with Crippen molar-refractivity contribution in [1.82, 2.24) is 5.32 Å². The quantitative estimate of drug-likeness (QED) is 0.845. The topological polar surface area (TPSA) is 59.6 Å². The van der Waals surface area contributed by atoms with E-state index in [1.165, 1.54) is 12.1 Å². The molecule has 1 fully saturated rings. The number of anilines is 1. The van der Waals surface area contributed by atoms with Gasteiger partial charge in [-0.25, -0.2) is 0 Å². The van der Waals surface area contributed by atoms with E-state index in [9.17, 15) is 18.0 Å². The Morgan fingerprint density at radius 3 is 2.64 bits per heavy atom. The number of hydrogen-bond donors (Lipinski definition) is 2. The van der Waals surface area contributed by atoms with Gasteiger partial charge in [-0.3, -0.25) is 4.79 Å². The van der Waals surface area contributed by atoms with Crippen molar-refractivity contribution in [2.24, 2.45) is 0 Å². The molecule has 0 spiro atoms. The Balaban J connectivity index is 1.71. The summed E-state index contributed by atoms with van der Waals surface area (Å²) in [5.74, 6) is -0.607. The molecule has 1 amide bonds. The molecule has 122 valence electrons. The lowest BCUT2D eigenvalue weighted by molar-refractivity contribution is -0.274. The predicted molar refractivity (Wildman–Crippen MR) is 73.6 cm³/mol. The Morgan fingerprint density at radius 1 is 1.32 bits per heavy atom. The van der Waals surface area contributed by atoms with E-state index in [1.807, 2.05) is 0 Å². The summed E-state index contributed by atoms with van der Waals surface area (Å²) in [7, 11) is 0. The summed E-state index contributed by atoms with van der Waals surface area (Å²) in [6, 6.07) is 4.98. The van der Waals surface area contributed by atoms with Crippen LogP contribution in [0.3, 0.4) is 0 Å². The zero-order chi connectivity index (χ0) is 16.0. The summed E-state index contributed by atoms with van der Waals surface area (Å²) in [5.41, 5.74) is 0.401. The molecule has 8 heteroatoms. The molecule has 0 aromatic heterocycles. The van der Waals surface area contributed by atoms with Crippen molar-refractivity contribution in [2.45, 2.75) is 25.3 Å². The number of carbonyl (C=O) groups excluding carboxylic acids is 1. The van der Waals surface area contributed by atoms with Gasteiger partial charge in [0.2, 0.25) is 5.91 Å². The minimum Gasteiger partial charge on any atom is -0.406 e. The monoisotopic (exact) mass is 318 g/mol. The zero-order valence-corrected chi connectivity index (χ0v) is 11.8. The van der Waals surface area contributed by atoms with Crippen molar-refractivity contribution in [1.29, 1.82) is 0 Å². The maximum atomic E-state index is 12.0. The van der Waals surface area contributed by atoms with Crippen molar-refractivity contribution in [2.75, 3.05) is 25.0 Å². The van der Waals surface area contributed by atoms with Crippen molar-refractivity contribution in [3.05, 3.63) is 24.3 Å². The van der Waals surface area contributed by atoms with Gasteiger partial charge in [0.25, 0.3) is 0 Å². The number of rotatable bonds is 6. The van der Waals surface area contributed by atoms with Gasteiger partial charge in [0, 0.05) is 18.8 Å². The Bertz CT molecular complexity index is 485. The predicted octanol–water partition coefficient (Wildman–Crippen LogP) is 2.29. The van der Waals surface area contributed by atoms with E-state index in [2.05, 4.69) is 15.4 Å². The van der Waals surface area contributed by atoms with Crippen LogP contribution in [-0.2, 0) is 9.53 Å². The number of carbonyl (C=O) groups is 1. The van der Waals surface area contributed by atoms with Gasteiger partial charge in [-0.1, -0.05) is 0 Å². The Hall–Kier alpha value is -1.80. The van der Waals surface area contributed by atoms with Crippen LogP contribution in [-0.4, -0.2) is 38.1 Å². The molecular formula is C14H17F3N2O3. The molecule has 0 bridgehead atoms. The van der Waals surface area contributed by atoms with Crippen LogP contribution in [0.2, 0.25) is 0 Å². The number of ether oxygens (including phenoxy) is 2. The molecule has 1 aliphatic rings. The molecule has 1 aromatic carbocycles. The molecule has 1 aromatic rings. The molecule has 1 aliphatic heterocycles. The molecule has 1 atom stereocenters. The van der Waals surface area contributed by atoms with Gasteiger partial charge in [0.1, 0.15) is 5.75 Å². The summed E-state index contributed by atoms with van der Waals surface area (Å²) in [6.07, 6.45) is -2.57. The molecule has 0 saturated carbocycles. The van der Waals surface area contributed by atoms with E-state index < -0.39 is 6.36 Å². The lowest BCUT2D eigenvalue weighted by atomic mass is 10.2. The van der Waals surface area contributed by atoms with Crippen LogP contribution < -0.4 is 15.4 Å². The maximum absolute atomic E-state index is 12.0. The Kier molecular flexibility index (Phi) is 5.62. The number of nitrogens with one attached hydrogen (secondary N) is 2. The van der Waals surface area contributed by atoms with Crippen LogP contribution in [0.4, 0.5) is 18.9 Å². The van der Waals surface area contributed by atoms with E-state index >= 15 is 0 Å². The van der Waals surface area contributed by atoms with Gasteiger partial charge in [0.15, 0.2) is 0 Å². The van der Waals surface area contributed by atoms with Crippen molar-refractivity contribution < 1.29 is 27.4 Å². The summed E-state index contributed by atoms with van der Waals surface area (Å²) in [5, 5.41) is 5.56. The third-order valence-corrected chi connectivity index (χ3v) is 3.05. The molecular weight excluding hydrogens is 301 g/mol. The number of benzene rings is 1. The van der Waals surface area contributed by atoms with E-state index in [4.69, 9.17) is 4.74 Å². The molecule has 0 radical (unpaired) electrons. The van der Waals surface area contributed by atoms with Crippen molar-refractivity contribution >= 4 is 11.6 Å². The minimum atomic E-state index is -4.73. The fourth-order valence-corrected chi connectivity index (χ4v) is 2.10. The average Bonchev–Trinajstić information content (AvgIpc) is 2.92. The normalized spacial score (nSPS) is 18.2. The molecule has 5 nitrogen and oxygen atoms in total. The first-order valence-corrected chi connectivity index (χ1v) is 6.90. The zero-order valence-electron chi connectivity index (χ0n) is 11.8. The maximum Gasteiger partial charge on any atom is 0.573 e. The third-order valence-electron chi connectivity index (χ3n) is 3.05. The van der Waals surface area contributed by atoms with Gasteiger partial charge in [-0.2, -0.15) is 0 Å². The van der Waals surface area contributed by atoms with Crippen LogP contribution in [0.15, 0.2) is 24.3 Å². The standard InChI is InChI=1S/C14H17F3N2O3/c15-14(16,17)22-11-5-3-10(4-6-11)19-13(20)9-18-8-12-2-1-7-21-12/h3-6,12,18H,1-2,7-9H2,(H,19,20). The first kappa shape index (κ1) is 16.6. The largest absolute Gasteiger partial charge is 0.573 e. The van der Waals surface area contributed by atoms with Crippen LogP contribution in [0.25, 0.3) is 0 Å². The highest BCUT2D eigenvalue weighted by Gasteiger charge is 2.30. The molecule has 1 saturated heterocycles. The van der Waals surface area contributed by atoms with E-state index in [1.54, 1.807) is 0 Å². The molecule has 2 N–H and O–H groups in total. The number of alkyl halides is 3. The molecule has 0 aliphatic carbocycles. The highest BCUT2D eigenvalue weighted by atomic mass is 19.4. The Morgan fingerprint density at radius 2 is 2.05 bits per heavy atom. The summed E-state index contributed by atoms with van der Waals surface area (Å²) < 4.78 is 45.2. The molecule has 2 rings (SSSR count). The first-order valence-electron chi connectivity index (χ1n) is 6.90. The van der Waals surface area contributed by atoms with E-state index in [0.29, 0.717) is 12.2 Å². The summed E-state index contributed by atoms with van der Waals surface area (Å²) in [6.45, 7) is 1.47. The SMILES string of the molecule is O=C(CNCC1CCCO1)Nc1ccc(OC(F)(F)F)cc1. The third kappa shape index (κ3) is 5.90. The van der Waals surface area contributed by atoms with Crippen molar-refractivity contribution in [3.63, 3.8) is 0 Å². The molecule has 22 heavy (non-hydrogen) atoms. The lowest BCUT2D eigenvalue weighted by Gasteiger charge is -2.11. The van der Waals surface area contributed by atoms with Gasteiger partial charge >= 0.3 is 6.36 Å². The number of amides is 1. The smallest absolute Gasteiger partial charge is 0.406 e. The van der Waals surface area contributed by atoms with Gasteiger partial charge in [-0.05, 0) is 37.1 Å². The van der Waals surface area contributed by atoms with E-state index in [-0.39, 0.29) is 24.3 Å². The fraction of sp³-hybridized carbons (Fsp3) is 0.500. The fourth-order valence-electron chi connectivity index (χ4n) is 2.10. The van der Waals surface area contributed by atoms with Crippen LogP contribution in [0, 0.1) is 0 Å². The summed E-state index contributed by atoms with van der Waals surface area (Å²) >= 11 is 0. The lowest BCUT2D eigenvalue weighted by Crippen LogP contribution is -2.33. The second-order valence-electron chi connectivity index (χ2n) is 4.89. The number of halogens is 3. The van der Waals surface area contributed by atoms with E-state index in [0.717, 1.165) is 31.6 Å². The second-order valence-corrected chi connectivity index (χ2v) is 4.89. The second kappa shape index (κ2) is 7.46. The highest BCUT2D eigenvalue weighted by Crippen LogP contribution is 2.23. The Labute approximate surface area is 125 Å². The molecule has 1 heterocycles. The van der Waals surface area contributed by atoms with Crippen LogP contribution >= 0.6 is 0 Å². The van der Waals surface area contributed by atoms with Gasteiger partial charge in [-0.15, -0.1) is 13.2 Å².